The molecule has 1 amide bonds. The third-order valence-electron chi connectivity index (χ3n) is 3.81. The normalized spacial score (nSPS) is 28.2. The molecule has 2 atom stereocenters. The van der Waals surface area contributed by atoms with E-state index in [1.165, 1.54) is 12.8 Å². The Balaban J connectivity index is 1.71. The summed E-state index contributed by atoms with van der Waals surface area (Å²) in [7, 11) is 0. The molecular weight excluding hydrogens is 216 g/mol. The Hall–Kier alpha value is -1.36. The van der Waals surface area contributed by atoms with E-state index < -0.39 is 0 Å². The summed E-state index contributed by atoms with van der Waals surface area (Å²) in [5.41, 5.74) is 1.48. The summed E-state index contributed by atoms with van der Waals surface area (Å²) >= 11 is 0. The standard InChI is InChI=1S/C12H18N4O/c1-8-5-10(15-14-8)12(17)16-6-9-3-2-4-13-11(9)7-16/h5,9,11,13H,2-4,6-7H2,1H3,(H,14,15)/t9-,11+/m0/s1. The van der Waals surface area contributed by atoms with Gasteiger partial charge in [-0.2, -0.15) is 5.10 Å². The Labute approximate surface area is 101 Å². The van der Waals surface area contributed by atoms with Gasteiger partial charge < -0.3 is 10.2 Å². The summed E-state index contributed by atoms with van der Waals surface area (Å²) in [4.78, 5) is 14.2. The van der Waals surface area contributed by atoms with Crippen LogP contribution in [0.5, 0.6) is 0 Å². The van der Waals surface area contributed by atoms with Crippen molar-refractivity contribution >= 4 is 5.91 Å². The number of carbonyl (C=O) groups excluding carboxylic acids is 1. The van der Waals surface area contributed by atoms with Gasteiger partial charge in [0.2, 0.25) is 0 Å². The first-order chi connectivity index (χ1) is 8.24. The van der Waals surface area contributed by atoms with Crippen molar-refractivity contribution in [2.24, 2.45) is 5.92 Å². The fourth-order valence-electron chi connectivity index (χ4n) is 2.90. The molecule has 0 unspecified atom stereocenters. The van der Waals surface area contributed by atoms with Gasteiger partial charge in [0, 0.05) is 24.8 Å². The highest BCUT2D eigenvalue weighted by atomic mass is 16.2. The number of nitrogens with zero attached hydrogens (tertiary/aromatic N) is 2. The fraction of sp³-hybridized carbons (Fsp3) is 0.667. The third-order valence-corrected chi connectivity index (χ3v) is 3.81. The second-order valence-corrected chi connectivity index (χ2v) is 5.11. The molecule has 3 rings (SSSR count). The van der Waals surface area contributed by atoms with Crippen molar-refractivity contribution in [2.45, 2.75) is 25.8 Å². The molecule has 2 saturated heterocycles. The van der Waals surface area contributed by atoms with Crippen LogP contribution in [0.15, 0.2) is 6.07 Å². The van der Waals surface area contributed by atoms with Crippen molar-refractivity contribution in [1.29, 1.82) is 0 Å². The van der Waals surface area contributed by atoms with Gasteiger partial charge in [-0.05, 0) is 38.3 Å². The Morgan fingerprint density at radius 1 is 1.53 bits per heavy atom. The summed E-state index contributed by atoms with van der Waals surface area (Å²) in [5, 5.41) is 10.4. The molecule has 0 aromatic carbocycles. The second-order valence-electron chi connectivity index (χ2n) is 5.11. The van der Waals surface area contributed by atoms with Gasteiger partial charge in [0.05, 0.1) is 0 Å². The molecule has 0 bridgehead atoms. The maximum Gasteiger partial charge on any atom is 0.274 e. The first-order valence-electron chi connectivity index (χ1n) is 6.29. The molecular formula is C12H18N4O. The Bertz CT molecular complexity index is 414. The number of aromatic amines is 1. The summed E-state index contributed by atoms with van der Waals surface area (Å²) in [6.07, 6.45) is 2.46. The van der Waals surface area contributed by atoms with Crippen LogP contribution in [0.2, 0.25) is 0 Å². The van der Waals surface area contributed by atoms with E-state index in [4.69, 9.17) is 0 Å². The topological polar surface area (TPSA) is 61.0 Å². The number of piperidine rings is 1. The minimum absolute atomic E-state index is 0.0607. The highest BCUT2D eigenvalue weighted by Crippen LogP contribution is 2.25. The smallest absolute Gasteiger partial charge is 0.274 e. The Morgan fingerprint density at radius 2 is 2.41 bits per heavy atom. The molecule has 0 radical (unpaired) electrons. The molecule has 0 aliphatic carbocycles. The van der Waals surface area contributed by atoms with Gasteiger partial charge in [0.15, 0.2) is 0 Å². The van der Waals surface area contributed by atoms with Gasteiger partial charge >= 0.3 is 0 Å². The van der Waals surface area contributed by atoms with Gasteiger partial charge in [0.25, 0.3) is 5.91 Å². The molecule has 2 aliphatic heterocycles. The van der Waals surface area contributed by atoms with E-state index in [1.807, 2.05) is 17.9 Å². The van der Waals surface area contributed by atoms with Crippen LogP contribution in [0.3, 0.4) is 0 Å². The van der Waals surface area contributed by atoms with Crippen LogP contribution in [0, 0.1) is 12.8 Å². The molecule has 2 N–H and O–H groups in total. The molecule has 1 aromatic heterocycles. The van der Waals surface area contributed by atoms with Crippen molar-refractivity contribution in [1.82, 2.24) is 20.4 Å². The zero-order valence-electron chi connectivity index (χ0n) is 10.1. The number of amides is 1. The molecule has 5 heteroatoms. The number of H-pyrrole nitrogens is 1. The monoisotopic (exact) mass is 234 g/mol. The molecule has 17 heavy (non-hydrogen) atoms. The molecule has 1 aromatic rings. The number of rotatable bonds is 1. The lowest BCUT2D eigenvalue weighted by molar-refractivity contribution is 0.0780. The first kappa shape index (κ1) is 10.8. The lowest BCUT2D eigenvalue weighted by atomic mass is 9.94. The van der Waals surface area contributed by atoms with Gasteiger partial charge in [-0.15, -0.1) is 0 Å². The highest BCUT2D eigenvalue weighted by molar-refractivity contribution is 5.92. The summed E-state index contributed by atoms with van der Waals surface area (Å²) in [5.74, 6) is 0.693. The number of hydrogen-bond acceptors (Lipinski definition) is 3. The minimum atomic E-state index is 0.0607. The molecule has 0 spiro atoms. The van der Waals surface area contributed by atoms with Crippen molar-refractivity contribution < 1.29 is 4.79 Å². The van der Waals surface area contributed by atoms with E-state index in [2.05, 4.69) is 15.5 Å². The lowest BCUT2D eigenvalue weighted by Gasteiger charge is -2.24. The van der Waals surface area contributed by atoms with E-state index in [0.717, 1.165) is 25.3 Å². The van der Waals surface area contributed by atoms with E-state index in [1.54, 1.807) is 0 Å². The molecule has 5 nitrogen and oxygen atoms in total. The largest absolute Gasteiger partial charge is 0.335 e. The van der Waals surface area contributed by atoms with Crippen LogP contribution in [0.4, 0.5) is 0 Å². The maximum atomic E-state index is 12.2. The number of likely N-dealkylation sites (tertiary alicyclic amines) is 1. The predicted octanol–water partition coefficient (Wildman–Crippen LogP) is 0.542. The van der Waals surface area contributed by atoms with Gasteiger partial charge in [-0.1, -0.05) is 0 Å². The SMILES string of the molecule is Cc1cc(C(=O)N2C[C@@H]3CCCN[C@@H]3C2)n[nH]1. The number of hydrogen-bond donors (Lipinski definition) is 2. The van der Waals surface area contributed by atoms with Crippen LogP contribution in [0.1, 0.15) is 29.0 Å². The number of carbonyl (C=O) groups is 1. The first-order valence-corrected chi connectivity index (χ1v) is 6.29. The van der Waals surface area contributed by atoms with Gasteiger partial charge in [-0.25, -0.2) is 0 Å². The average Bonchev–Trinajstić information content (AvgIpc) is 2.93. The van der Waals surface area contributed by atoms with Crippen molar-refractivity contribution in [3.63, 3.8) is 0 Å². The summed E-state index contributed by atoms with van der Waals surface area (Å²) in [6, 6.07) is 2.31. The Kier molecular flexibility index (Phi) is 2.63. The van der Waals surface area contributed by atoms with Crippen LogP contribution in [0.25, 0.3) is 0 Å². The Morgan fingerprint density at radius 3 is 3.12 bits per heavy atom. The van der Waals surface area contributed by atoms with Gasteiger partial charge in [-0.3, -0.25) is 9.89 Å². The summed E-state index contributed by atoms with van der Waals surface area (Å²) in [6.45, 7) is 4.71. The number of fused-ring (bicyclic) bond motifs is 1. The molecule has 92 valence electrons. The lowest BCUT2D eigenvalue weighted by Crippen LogP contribution is -2.41. The van der Waals surface area contributed by atoms with Gasteiger partial charge in [0.1, 0.15) is 5.69 Å². The predicted molar refractivity (Wildman–Crippen MR) is 63.7 cm³/mol. The zero-order chi connectivity index (χ0) is 11.8. The molecule has 2 fully saturated rings. The van der Waals surface area contributed by atoms with Crippen molar-refractivity contribution in [3.8, 4) is 0 Å². The number of aryl methyl sites for hydroxylation is 1. The molecule has 3 heterocycles. The third kappa shape index (κ3) is 1.95. The van der Waals surface area contributed by atoms with Crippen molar-refractivity contribution in [2.75, 3.05) is 19.6 Å². The van der Waals surface area contributed by atoms with E-state index in [-0.39, 0.29) is 5.91 Å². The van der Waals surface area contributed by atoms with Crippen LogP contribution < -0.4 is 5.32 Å². The zero-order valence-corrected chi connectivity index (χ0v) is 10.1. The summed E-state index contributed by atoms with van der Waals surface area (Å²) < 4.78 is 0. The molecule has 2 aliphatic rings. The molecule has 0 saturated carbocycles. The van der Waals surface area contributed by atoms with E-state index in [0.29, 0.717) is 17.7 Å². The number of aromatic nitrogens is 2. The second kappa shape index (κ2) is 4.14. The van der Waals surface area contributed by atoms with Crippen LogP contribution >= 0.6 is 0 Å². The van der Waals surface area contributed by atoms with E-state index >= 15 is 0 Å². The number of nitrogens with one attached hydrogen (secondary N) is 2. The average molecular weight is 234 g/mol. The van der Waals surface area contributed by atoms with E-state index in [9.17, 15) is 4.79 Å². The maximum absolute atomic E-state index is 12.2. The van der Waals surface area contributed by atoms with Crippen LogP contribution in [-0.4, -0.2) is 46.7 Å². The fourth-order valence-corrected chi connectivity index (χ4v) is 2.90. The van der Waals surface area contributed by atoms with Crippen LogP contribution in [-0.2, 0) is 0 Å². The highest BCUT2D eigenvalue weighted by Gasteiger charge is 2.37. The minimum Gasteiger partial charge on any atom is -0.335 e. The van der Waals surface area contributed by atoms with Crippen molar-refractivity contribution in [3.05, 3.63) is 17.5 Å². The quantitative estimate of drug-likeness (QED) is 0.745.